The fourth-order valence-electron chi connectivity index (χ4n) is 2.48. The standard InChI is InChI=1S/C13H12ClNO3/c14-10-5-1-4-9-11(10)15(13(17)12(9)16)7-8-3-2-6-18-8/h1,4-5,8H,2-3,6-7H2. The van der Waals surface area contributed by atoms with E-state index in [0.717, 1.165) is 19.4 Å². The lowest BCUT2D eigenvalue weighted by molar-refractivity contribution is -0.114. The minimum atomic E-state index is -0.506. The van der Waals surface area contributed by atoms with Crippen LogP contribution in [0.3, 0.4) is 0 Å². The predicted molar refractivity (Wildman–Crippen MR) is 67.1 cm³/mol. The molecular formula is C13H12ClNO3. The molecule has 0 N–H and O–H groups in total. The van der Waals surface area contributed by atoms with Crippen LogP contribution in [0.25, 0.3) is 0 Å². The van der Waals surface area contributed by atoms with Gasteiger partial charge in [0, 0.05) is 6.61 Å². The van der Waals surface area contributed by atoms with Gasteiger partial charge >= 0.3 is 0 Å². The SMILES string of the molecule is O=C1C(=O)N(CC2CCCO2)c2c(Cl)cccc21. The van der Waals surface area contributed by atoms with Crippen molar-refractivity contribution in [1.82, 2.24) is 0 Å². The number of rotatable bonds is 2. The summed E-state index contributed by atoms with van der Waals surface area (Å²) in [6.07, 6.45) is 1.91. The molecule has 1 atom stereocenters. The van der Waals surface area contributed by atoms with Crippen LogP contribution >= 0.6 is 11.6 Å². The van der Waals surface area contributed by atoms with Gasteiger partial charge in [-0.1, -0.05) is 17.7 Å². The molecular weight excluding hydrogens is 254 g/mol. The topological polar surface area (TPSA) is 46.6 Å². The van der Waals surface area contributed by atoms with Gasteiger partial charge in [-0.3, -0.25) is 9.59 Å². The minimum Gasteiger partial charge on any atom is -0.376 e. The number of Topliss-reactive ketones (excluding diaryl/α,β-unsaturated/α-hetero) is 1. The summed E-state index contributed by atoms with van der Waals surface area (Å²) in [4.78, 5) is 25.3. The van der Waals surface area contributed by atoms with Crippen LogP contribution in [0.1, 0.15) is 23.2 Å². The second-order valence-electron chi connectivity index (χ2n) is 4.52. The van der Waals surface area contributed by atoms with Gasteiger partial charge in [-0.15, -0.1) is 0 Å². The third-order valence-corrected chi connectivity index (χ3v) is 3.66. The Bertz CT molecular complexity index is 523. The van der Waals surface area contributed by atoms with Gasteiger partial charge in [0.05, 0.1) is 28.9 Å². The van der Waals surface area contributed by atoms with Crippen molar-refractivity contribution >= 4 is 29.0 Å². The fourth-order valence-corrected chi connectivity index (χ4v) is 2.75. The van der Waals surface area contributed by atoms with Gasteiger partial charge in [0.25, 0.3) is 11.7 Å². The Morgan fingerprint density at radius 1 is 1.39 bits per heavy atom. The molecule has 4 nitrogen and oxygen atoms in total. The highest BCUT2D eigenvalue weighted by Crippen LogP contribution is 2.36. The molecule has 2 aliphatic rings. The lowest BCUT2D eigenvalue weighted by atomic mass is 10.1. The summed E-state index contributed by atoms with van der Waals surface area (Å²) in [5.74, 6) is -0.987. The molecule has 0 aromatic heterocycles. The Balaban J connectivity index is 1.96. The Morgan fingerprint density at radius 2 is 2.22 bits per heavy atom. The molecule has 0 radical (unpaired) electrons. The maximum Gasteiger partial charge on any atom is 0.299 e. The molecule has 18 heavy (non-hydrogen) atoms. The van der Waals surface area contributed by atoms with Crippen LogP contribution < -0.4 is 4.90 Å². The highest BCUT2D eigenvalue weighted by molar-refractivity contribution is 6.54. The summed E-state index contributed by atoms with van der Waals surface area (Å²) in [6, 6.07) is 5.01. The normalized spacial score (nSPS) is 22.7. The molecule has 1 aromatic rings. The molecule has 1 saturated heterocycles. The van der Waals surface area contributed by atoms with E-state index in [4.69, 9.17) is 16.3 Å². The number of anilines is 1. The number of benzene rings is 1. The van der Waals surface area contributed by atoms with Gasteiger partial charge in [-0.05, 0) is 25.0 Å². The Morgan fingerprint density at radius 3 is 2.94 bits per heavy atom. The maximum absolute atomic E-state index is 12.0. The van der Waals surface area contributed by atoms with Crippen LogP contribution in [0.15, 0.2) is 18.2 Å². The Labute approximate surface area is 109 Å². The van der Waals surface area contributed by atoms with Crippen molar-refractivity contribution < 1.29 is 14.3 Å². The predicted octanol–water partition coefficient (Wildman–Crippen LogP) is 2.05. The number of halogens is 1. The van der Waals surface area contributed by atoms with Gasteiger partial charge in [0.15, 0.2) is 0 Å². The molecule has 1 fully saturated rings. The minimum absolute atomic E-state index is 0.00368. The van der Waals surface area contributed by atoms with Crippen LogP contribution in [0.4, 0.5) is 5.69 Å². The monoisotopic (exact) mass is 265 g/mol. The summed E-state index contributed by atoms with van der Waals surface area (Å²) < 4.78 is 5.51. The van der Waals surface area contributed by atoms with Crippen molar-refractivity contribution in [3.63, 3.8) is 0 Å². The summed E-state index contributed by atoms with van der Waals surface area (Å²) in [7, 11) is 0. The van der Waals surface area contributed by atoms with Gasteiger partial charge in [-0.25, -0.2) is 0 Å². The fraction of sp³-hybridized carbons (Fsp3) is 0.385. The smallest absolute Gasteiger partial charge is 0.299 e. The Hall–Kier alpha value is -1.39. The molecule has 0 bridgehead atoms. The molecule has 1 unspecified atom stereocenters. The lowest BCUT2D eigenvalue weighted by Gasteiger charge is -2.21. The zero-order valence-electron chi connectivity index (χ0n) is 9.69. The molecule has 94 valence electrons. The number of amides is 1. The third-order valence-electron chi connectivity index (χ3n) is 3.35. The average Bonchev–Trinajstić information content (AvgIpc) is 2.94. The molecule has 0 spiro atoms. The van der Waals surface area contributed by atoms with Crippen molar-refractivity contribution in [3.05, 3.63) is 28.8 Å². The van der Waals surface area contributed by atoms with Crippen molar-refractivity contribution in [2.24, 2.45) is 0 Å². The van der Waals surface area contributed by atoms with E-state index in [1.54, 1.807) is 18.2 Å². The third kappa shape index (κ3) is 1.72. The van der Waals surface area contributed by atoms with Crippen LogP contribution in [0, 0.1) is 0 Å². The number of ether oxygens (including phenoxy) is 1. The van der Waals surface area contributed by atoms with Crippen LogP contribution in [0.2, 0.25) is 5.02 Å². The highest BCUT2D eigenvalue weighted by atomic mass is 35.5. The van der Waals surface area contributed by atoms with Crippen molar-refractivity contribution in [3.8, 4) is 0 Å². The molecule has 3 rings (SSSR count). The van der Waals surface area contributed by atoms with E-state index >= 15 is 0 Å². The van der Waals surface area contributed by atoms with E-state index in [0.29, 0.717) is 22.8 Å². The van der Waals surface area contributed by atoms with Crippen molar-refractivity contribution in [2.75, 3.05) is 18.1 Å². The average molecular weight is 266 g/mol. The van der Waals surface area contributed by atoms with E-state index in [1.807, 2.05) is 0 Å². The summed E-state index contributed by atoms with van der Waals surface area (Å²) >= 11 is 6.09. The van der Waals surface area contributed by atoms with E-state index in [1.165, 1.54) is 4.90 Å². The highest BCUT2D eigenvalue weighted by Gasteiger charge is 2.38. The molecule has 1 amide bonds. The van der Waals surface area contributed by atoms with E-state index in [9.17, 15) is 9.59 Å². The number of fused-ring (bicyclic) bond motifs is 1. The zero-order chi connectivity index (χ0) is 12.7. The zero-order valence-corrected chi connectivity index (χ0v) is 10.4. The van der Waals surface area contributed by atoms with Gasteiger partial charge < -0.3 is 9.64 Å². The molecule has 5 heteroatoms. The number of para-hydroxylation sites is 1. The number of hydrogen-bond donors (Lipinski definition) is 0. The molecule has 2 heterocycles. The largest absolute Gasteiger partial charge is 0.376 e. The van der Waals surface area contributed by atoms with Gasteiger partial charge in [0.2, 0.25) is 0 Å². The van der Waals surface area contributed by atoms with Crippen LogP contribution in [-0.2, 0) is 9.53 Å². The number of nitrogens with zero attached hydrogens (tertiary/aromatic N) is 1. The lowest BCUT2D eigenvalue weighted by Crippen LogP contribution is -2.36. The first-order valence-corrected chi connectivity index (χ1v) is 6.32. The summed E-state index contributed by atoms with van der Waals surface area (Å²) in [6.45, 7) is 1.12. The first-order chi connectivity index (χ1) is 8.68. The molecule has 0 saturated carbocycles. The van der Waals surface area contributed by atoms with Crippen LogP contribution in [-0.4, -0.2) is 30.9 Å². The van der Waals surface area contributed by atoms with Crippen molar-refractivity contribution in [2.45, 2.75) is 18.9 Å². The first-order valence-electron chi connectivity index (χ1n) is 5.95. The van der Waals surface area contributed by atoms with Gasteiger partial charge in [0.1, 0.15) is 0 Å². The molecule has 0 aliphatic carbocycles. The number of carbonyl (C=O) groups excluding carboxylic acids is 2. The molecule has 1 aromatic carbocycles. The summed E-state index contributed by atoms with van der Waals surface area (Å²) in [5, 5.41) is 0.435. The second-order valence-corrected chi connectivity index (χ2v) is 4.92. The second kappa shape index (κ2) is 4.37. The molecule has 2 aliphatic heterocycles. The van der Waals surface area contributed by atoms with Crippen molar-refractivity contribution in [1.29, 1.82) is 0 Å². The van der Waals surface area contributed by atoms with Gasteiger partial charge in [-0.2, -0.15) is 0 Å². The van der Waals surface area contributed by atoms with E-state index < -0.39 is 11.7 Å². The quantitative estimate of drug-likeness (QED) is 0.769. The number of hydrogen-bond acceptors (Lipinski definition) is 3. The number of ketones is 1. The number of carbonyl (C=O) groups is 2. The maximum atomic E-state index is 12.0. The van der Waals surface area contributed by atoms with E-state index in [-0.39, 0.29) is 6.10 Å². The van der Waals surface area contributed by atoms with E-state index in [2.05, 4.69) is 0 Å². The summed E-state index contributed by atoms with van der Waals surface area (Å²) in [5.41, 5.74) is 0.926. The van der Waals surface area contributed by atoms with Crippen LogP contribution in [0.5, 0.6) is 0 Å². The Kier molecular flexibility index (Phi) is 2.84. The first kappa shape index (κ1) is 11.7.